The zero-order valence-corrected chi connectivity index (χ0v) is 22.2. The van der Waals surface area contributed by atoms with E-state index in [1.165, 1.54) is 108 Å². The topological polar surface area (TPSA) is 66.4 Å². The highest BCUT2D eigenvalue weighted by molar-refractivity contribution is 7.80. The van der Waals surface area contributed by atoms with Gasteiger partial charge in [-0.15, -0.1) is 0 Å². The third kappa shape index (κ3) is 14.2. The van der Waals surface area contributed by atoms with Crippen molar-refractivity contribution >= 4 is 16.1 Å². The lowest BCUT2D eigenvalue weighted by molar-refractivity contribution is 0.275. The first-order chi connectivity index (χ1) is 15.3. The lowest BCUT2D eigenvalue weighted by Crippen LogP contribution is -2.48. The Morgan fingerprint density at radius 3 is 1.50 bits per heavy atom. The largest absolute Gasteiger partial charge is 0.726 e. The summed E-state index contributed by atoms with van der Waals surface area (Å²) in [6.45, 7) is 14.1. The van der Waals surface area contributed by atoms with Gasteiger partial charge in [0.2, 0.25) is 10.4 Å². The molecule has 1 rings (SSSR count). The van der Waals surface area contributed by atoms with E-state index in [-0.39, 0.29) is 6.61 Å². The van der Waals surface area contributed by atoms with Gasteiger partial charge in [-0.05, 0) is 58.2 Å². The lowest BCUT2D eigenvalue weighted by atomic mass is 10.0. The van der Waals surface area contributed by atoms with E-state index in [1.54, 1.807) is 0 Å². The predicted octanol–water partition coefficient (Wildman–Crippen LogP) is 7.00. The SMILES string of the molecule is CCCCCCCCCCCCc1ccc([N+](CC)(CC)CC)cc1.CCOS(=O)(=O)[O-]. The molecule has 0 heterocycles. The molecule has 0 saturated carbocycles. The maximum atomic E-state index is 9.45. The molecule has 0 amide bonds. The highest BCUT2D eigenvalue weighted by atomic mass is 32.3. The van der Waals surface area contributed by atoms with Gasteiger partial charge < -0.3 is 4.55 Å². The zero-order chi connectivity index (χ0) is 24.3. The van der Waals surface area contributed by atoms with Crippen molar-refractivity contribution in [3.8, 4) is 0 Å². The Morgan fingerprint density at radius 2 is 1.16 bits per heavy atom. The molecule has 0 spiro atoms. The highest BCUT2D eigenvalue weighted by Gasteiger charge is 2.23. The third-order valence-electron chi connectivity index (χ3n) is 6.38. The Bertz CT molecular complexity index is 647. The standard InChI is InChI=1S/C24H44N.C2H6O4S/c1-5-9-10-11-12-13-14-15-16-17-18-23-19-21-24(22-20-23)25(6-2,7-3)8-4;1-2-6-7(3,4)5/h19-22H,5-18H2,1-4H3;2H2,1H3,(H,3,4,5)/q+1;/p-1. The first kappa shape index (κ1) is 31.0. The van der Waals surface area contributed by atoms with Gasteiger partial charge in [-0.1, -0.05) is 76.8 Å². The van der Waals surface area contributed by atoms with Crippen LogP contribution in [0.1, 0.15) is 104 Å². The number of benzene rings is 1. The van der Waals surface area contributed by atoms with Crippen molar-refractivity contribution in [3.05, 3.63) is 29.8 Å². The number of quaternary nitrogens is 1. The fraction of sp³-hybridized carbons (Fsp3) is 0.769. The molecule has 0 N–H and O–H groups in total. The molecule has 188 valence electrons. The van der Waals surface area contributed by atoms with E-state index >= 15 is 0 Å². The molecule has 0 aliphatic heterocycles. The van der Waals surface area contributed by atoms with E-state index in [0.717, 1.165) is 4.48 Å². The van der Waals surface area contributed by atoms with Gasteiger partial charge >= 0.3 is 0 Å². The number of unbranched alkanes of at least 4 members (excludes halogenated alkanes) is 9. The Hall–Kier alpha value is -0.950. The van der Waals surface area contributed by atoms with Gasteiger partial charge in [0.1, 0.15) is 5.69 Å². The summed E-state index contributed by atoms with van der Waals surface area (Å²) < 4.78 is 33.1. The minimum absolute atomic E-state index is 0.0914. The summed E-state index contributed by atoms with van der Waals surface area (Å²) >= 11 is 0. The number of nitrogens with zero attached hydrogens (tertiary/aromatic N) is 1. The Balaban J connectivity index is 0.00000118. The molecule has 0 fully saturated rings. The van der Waals surface area contributed by atoms with Crippen molar-refractivity contribution in [2.45, 2.75) is 105 Å². The van der Waals surface area contributed by atoms with Crippen LogP contribution in [0.15, 0.2) is 24.3 Å². The fourth-order valence-corrected chi connectivity index (χ4v) is 4.45. The predicted molar refractivity (Wildman–Crippen MR) is 137 cm³/mol. The monoisotopic (exact) mass is 471 g/mol. The molecule has 0 bridgehead atoms. The van der Waals surface area contributed by atoms with Crippen LogP contribution in [0.25, 0.3) is 0 Å². The Kier molecular flexibility index (Phi) is 17.9. The highest BCUT2D eigenvalue weighted by Crippen LogP contribution is 2.24. The van der Waals surface area contributed by atoms with Crippen LogP contribution in [0, 0.1) is 0 Å². The molecule has 32 heavy (non-hydrogen) atoms. The summed E-state index contributed by atoms with van der Waals surface area (Å²) in [6, 6.07) is 9.50. The Labute approximate surface area is 199 Å². The van der Waals surface area contributed by atoms with Crippen LogP contribution >= 0.6 is 0 Å². The summed E-state index contributed by atoms with van der Waals surface area (Å²) in [5, 5.41) is 0. The van der Waals surface area contributed by atoms with E-state index in [0.29, 0.717) is 0 Å². The lowest BCUT2D eigenvalue weighted by Gasteiger charge is -2.35. The fourth-order valence-electron chi connectivity index (χ4n) is 4.16. The molecule has 5 nitrogen and oxygen atoms in total. The molecule has 6 heteroatoms. The normalized spacial score (nSPS) is 11.8. The summed E-state index contributed by atoms with van der Waals surface area (Å²) in [5.74, 6) is 0. The number of hydrogen-bond donors (Lipinski definition) is 0. The van der Waals surface area contributed by atoms with Crippen molar-refractivity contribution in [1.29, 1.82) is 0 Å². The van der Waals surface area contributed by atoms with Crippen LogP contribution in [0.5, 0.6) is 0 Å². The summed E-state index contributed by atoms with van der Waals surface area (Å²) in [5.41, 5.74) is 3.00. The first-order valence-electron chi connectivity index (χ1n) is 12.8. The van der Waals surface area contributed by atoms with E-state index in [4.69, 9.17) is 0 Å². The van der Waals surface area contributed by atoms with Gasteiger partial charge in [0.05, 0.1) is 26.2 Å². The maximum absolute atomic E-state index is 9.45. The second kappa shape index (κ2) is 18.5. The maximum Gasteiger partial charge on any atom is 0.217 e. The summed E-state index contributed by atoms with van der Waals surface area (Å²) in [4.78, 5) is 0. The molecular formula is C26H49NO4S. The number of hydrogen-bond acceptors (Lipinski definition) is 4. The summed E-state index contributed by atoms with van der Waals surface area (Å²) in [6.07, 6.45) is 15.4. The third-order valence-corrected chi connectivity index (χ3v) is 6.91. The quantitative estimate of drug-likeness (QED) is 0.106. The van der Waals surface area contributed by atoms with Crippen LogP contribution < -0.4 is 4.48 Å². The molecule has 1 aromatic carbocycles. The van der Waals surface area contributed by atoms with Gasteiger partial charge in [-0.2, -0.15) is 0 Å². The van der Waals surface area contributed by atoms with Crippen molar-refractivity contribution in [1.82, 2.24) is 4.48 Å². The molecule has 0 atom stereocenters. The number of aryl methyl sites for hydroxylation is 1. The van der Waals surface area contributed by atoms with E-state index in [2.05, 4.69) is 56.1 Å². The molecule has 0 radical (unpaired) electrons. The molecular weight excluding hydrogens is 422 g/mol. The van der Waals surface area contributed by atoms with Crippen LogP contribution in [0.2, 0.25) is 0 Å². The molecule has 0 aliphatic carbocycles. The van der Waals surface area contributed by atoms with Crippen LogP contribution in [-0.2, 0) is 21.0 Å². The van der Waals surface area contributed by atoms with E-state index in [9.17, 15) is 13.0 Å². The van der Waals surface area contributed by atoms with Crippen molar-refractivity contribution in [2.75, 3.05) is 26.2 Å². The summed E-state index contributed by atoms with van der Waals surface area (Å²) in [7, 11) is -4.42. The molecule has 0 aromatic heterocycles. The van der Waals surface area contributed by atoms with Gasteiger partial charge in [-0.3, -0.25) is 8.67 Å². The van der Waals surface area contributed by atoms with Gasteiger partial charge in [0.15, 0.2) is 0 Å². The van der Waals surface area contributed by atoms with Crippen molar-refractivity contribution in [3.63, 3.8) is 0 Å². The Morgan fingerprint density at radius 1 is 0.719 bits per heavy atom. The molecule has 0 unspecified atom stereocenters. The molecule has 0 aliphatic rings. The van der Waals surface area contributed by atoms with Crippen molar-refractivity contribution < 1.29 is 17.2 Å². The average molecular weight is 472 g/mol. The van der Waals surface area contributed by atoms with E-state index < -0.39 is 10.4 Å². The van der Waals surface area contributed by atoms with E-state index in [1.807, 2.05) is 0 Å². The second-order valence-electron chi connectivity index (χ2n) is 8.51. The van der Waals surface area contributed by atoms with Gasteiger partial charge in [0, 0.05) is 0 Å². The van der Waals surface area contributed by atoms with Crippen molar-refractivity contribution in [2.24, 2.45) is 0 Å². The smallest absolute Gasteiger partial charge is 0.217 e. The minimum Gasteiger partial charge on any atom is -0.726 e. The minimum atomic E-state index is -4.42. The van der Waals surface area contributed by atoms with Crippen LogP contribution in [0.3, 0.4) is 0 Å². The number of rotatable bonds is 17. The molecule has 1 aromatic rings. The molecule has 0 saturated heterocycles. The first-order valence-corrected chi connectivity index (χ1v) is 14.2. The van der Waals surface area contributed by atoms with Gasteiger partial charge in [0.25, 0.3) is 0 Å². The van der Waals surface area contributed by atoms with Crippen LogP contribution in [-0.4, -0.2) is 39.2 Å². The van der Waals surface area contributed by atoms with Gasteiger partial charge in [-0.25, -0.2) is 8.42 Å². The zero-order valence-electron chi connectivity index (χ0n) is 21.4. The van der Waals surface area contributed by atoms with Crippen LogP contribution in [0.4, 0.5) is 5.69 Å². The second-order valence-corrected chi connectivity index (χ2v) is 9.56. The average Bonchev–Trinajstić information content (AvgIpc) is 2.77.